The highest BCUT2D eigenvalue weighted by Gasteiger charge is 2.14. The molecule has 2 aromatic rings. The van der Waals surface area contributed by atoms with Crippen LogP contribution in [0, 0.1) is 0 Å². The van der Waals surface area contributed by atoms with Crippen molar-refractivity contribution in [3.63, 3.8) is 0 Å². The van der Waals surface area contributed by atoms with Gasteiger partial charge in [-0.15, -0.1) is 0 Å². The molecule has 0 saturated heterocycles. The summed E-state index contributed by atoms with van der Waals surface area (Å²) in [4.78, 5) is 16.3. The zero-order chi connectivity index (χ0) is 17.7. The Kier molecular flexibility index (Phi) is 5.53. The number of carbonyl (C=O) groups is 1. The van der Waals surface area contributed by atoms with Crippen LogP contribution in [0.4, 0.5) is 4.79 Å². The first-order valence-corrected chi connectivity index (χ1v) is 8.92. The Hall–Kier alpha value is -2.45. The van der Waals surface area contributed by atoms with Crippen molar-refractivity contribution in [2.45, 2.75) is 30.8 Å². The van der Waals surface area contributed by atoms with Gasteiger partial charge in [0.15, 0.2) is 0 Å². The predicted octanol–water partition coefficient (Wildman–Crippen LogP) is 1.85. The van der Waals surface area contributed by atoms with Crippen molar-refractivity contribution < 1.29 is 13.2 Å². The minimum Gasteiger partial charge on any atom is -0.332 e. The van der Waals surface area contributed by atoms with Crippen LogP contribution in [0.1, 0.15) is 37.2 Å². The number of urea groups is 1. The normalized spacial score (nSPS) is 13.8. The Labute approximate surface area is 141 Å². The quantitative estimate of drug-likeness (QED) is 0.765. The SMILES string of the molecule is C[C@@H](NC(=O)N[C@H](C)c1ccccn1)c1ccc(S(N)(=O)=O)cc1. The first-order chi connectivity index (χ1) is 11.3. The van der Waals surface area contributed by atoms with Crippen LogP contribution >= 0.6 is 0 Å². The minimum absolute atomic E-state index is 0.0340. The second kappa shape index (κ2) is 7.41. The van der Waals surface area contributed by atoms with Gasteiger partial charge in [0.2, 0.25) is 10.0 Å². The Morgan fingerprint density at radius 2 is 1.67 bits per heavy atom. The molecule has 0 radical (unpaired) electrons. The number of rotatable bonds is 5. The average Bonchev–Trinajstić information content (AvgIpc) is 2.54. The Morgan fingerprint density at radius 1 is 1.04 bits per heavy atom. The monoisotopic (exact) mass is 348 g/mol. The third-order valence-electron chi connectivity index (χ3n) is 3.54. The van der Waals surface area contributed by atoms with E-state index in [2.05, 4.69) is 15.6 Å². The van der Waals surface area contributed by atoms with Gasteiger partial charge >= 0.3 is 6.03 Å². The molecule has 8 heteroatoms. The fourth-order valence-corrected chi connectivity index (χ4v) is 2.69. The van der Waals surface area contributed by atoms with Crippen LogP contribution in [0.5, 0.6) is 0 Å². The van der Waals surface area contributed by atoms with E-state index in [9.17, 15) is 13.2 Å². The number of pyridine rings is 1. The number of benzene rings is 1. The van der Waals surface area contributed by atoms with Crippen molar-refractivity contribution in [1.29, 1.82) is 0 Å². The van der Waals surface area contributed by atoms with E-state index in [0.29, 0.717) is 0 Å². The molecule has 24 heavy (non-hydrogen) atoms. The standard InChI is InChI=1S/C16H20N4O3S/c1-11(13-6-8-14(9-7-13)24(17,22)23)19-16(21)20-12(2)15-5-3-4-10-18-15/h3-12H,1-2H3,(H2,17,22,23)(H2,19,20,21)/t11-,12-/m1/s1. The topological polar surface area (TPSA) is 114 Å². The highest BCUT2D eigenvalue weighted by molar-refractivity contribution is 7.89. The zero-order valence-electron chi connectivity index (χ0n) is 13.4. The summed E-state index contributed by atoms with van der Waals surface area (Å²) in [6.07, 6.45) is 1.67. The Bertz CT molecular complexity index is 792. The summed E-state index contributed by atoms with van der Waals surface area (Å²) < 4.78 is 22.5. The number of aromatic nitrogens is 1. The van der Waals surface area contributed by atoms with Gasteiger partial charge in [-0.05, 0) is 43.7 Å². The molecule has 0 bridgehead atoms. The first kappa shape index (κ1) is 17.9. The molecule has 0 fully saturated rings. The van der Waals surface area contributed by atoms with E-state index in [4.69, 9.17) is 5.14 Å². The van der Waals surface area contributed by atoms with Crippen LogP contribution in [-0.2, 0) is 10.0 Å². The van der Waals surface area contributed by atoms with Crippen molar-refractivity contribution in [2.75, 3.05) is 0 Å². The molecule has 1 aromatic carbocycles. The molecular weight excluding hydrogens is 328 g/mol. The van der Waals surface area contributed by atoms with Gasteiger partial charge in [0, 0.05) is 6.20 Å². The molecule has 2 amide bonds. The zero-order valence-corrected chi connectivity index (χ0v) is 14.2. The summed E-state index contributed by atoms with van der Waals surface area (Å²) in [5.74, 6) is 0. The largest absolute Gasteiger partial charge is 0.332 e. The lowest BCUT2D eigenvalue weighted by Gasteiger charge is -2.18. The van der Waals surface area contributed by atoms with Crippen molar-refractivity contribution in [3.8, 4) is 0 Å². The highest BCUT2D eigenvalue weighted by atomic mass is 32.2. The van der Waals surface area contributed by atoms with Crippen molar-refractivity contribution in [3.05, 3.63) is 59.9 Å². The maximum Gasteiger partial charge on any atom is 0.315 e. The second-order valence-electron chi connectivity index (χ2n) is 5.43. The molecule has 0 spiro atoms. The molecule has 4 N–H and O–H groups in total. The van der Waals surface area contributed by atoms with E-state index in [0.717, 1.165) is 11.3 Å². The molecule has 1 heterocycles. The summed E-state index contributed by atoms with van der Waals surface area (Å²) >= 11 is 0. The molecule has 2 atom stereocenters. The average molecular weight is 348 g/mol. The van der Waals surface area contributed by atoms with Gasteiger partial charge in [0.05, 0.1) is 22.7 Å². The number of nitrogens with two attached hydrogens (primary N) is 1. The Morgan fingerprint density at radius 3 is 2.21 bits per heavy atom. The smallest absolute Gasteiger partial charge is 0.315 e. The summed E-state index contributed by atoms with van der Waals surface area (Å²) in [6.45, 7) is 3.64. The van der Waals surface area contributed by atoms with Crippen molar-refractivity contribution >= 4 is 16.1 Å². The summed E-state index contributed by atoms with van der Waals surface area (Å²) in [5.41, 5.74) is 1.53. The summed E-state index contributed by atoms with van der Waals surface area (Å²) in [7, 11) is -3.72. The molecule has 0 aliphatic carbocycles. The summed E-state index contributed by atoms with van der Waals surface area (Å²) in [5, 5.41) is 10.7. The van der Waals surface area contributed by atoms with E-state index >= 15 is 0 Å². The Balaban J connectivity index is 1.96. The van der Waals surface area contributed by atoms with Crippen LogP contribution in [0.25, 0.3) is 0 Å². The number of primary sulfonamides is 1. The second-order valence-corrected chi connectivity index (χ2v) is 6.99. The van der Waals surface area contributed by atoms with E-state index in [1.807, 2.05) is 25.1 Å². The van der Waals surface area contributed by atoms with Crippen LogP contribution in [0.2, 0.25) is 0 Å². The first-order valence-electron chi connectivity index (χ1n) is 7.38. The van der Waals surface area contributed by atoms with Crippen LogP contribution < -0.4 is 15.8 Å². The minimum atomic E-state index is -3.72. The maximum absolute atomic E-state index is 12.1. The highest BCUT2D eigenvalue weighted by Crippen LogP contribution is 2.16. The number of amides is 2. The van der Waals surface area contributed by atoms with Crippen LogP contribution in [0.15, 0.2) is 53.6 Å². The number of nitrogens with zero attached hydrogens (tertiary/aromatic N) is 1. The number of carbonyl (C=O) groups excluding carboxylic acids is 1. The van der Waals surface area contributed by atoms with Crippen molar-refractivity contribution in [1.82, 2.24) is 15.6 Å². The third kappa shape index (κ3) is 4.77. The van der Waals surface area contributed by atoms with E-state index < -0.39 is 10.0 Å². The molecule has 0 saturated carbocycles. The molecule has 7 nitrogen and oxygen atoms in total. The number of hydrogen-bond donors (Lipinski definition) is 3. The molecule has 2 rings (SSSR count). The van der Waals surface area contributed by atoms with Crippen LogP contribution in [0.3, 0.4) is 0 Å². The molecular formula is C16H20N4O3S. The van der Waals surface area contributed by atoms with Gasteiger partial charge in [-0.25, -0.2) is 18.4 Å². The van der Waals surface area contributed by atoms with Crippen LogP contribution in [-0.4, -0.2) is 19.4 Å². The van der Waals surface area contributed by atoms with E-state index in [1.165, 1.54) is 12.1 Å². The third-order valence-corrected chi connectivity index (χ3v) is 4.46. The van der Waals surface area contributed by atoms with Gasteiger partial charge in [0.25, 0.3) is 0 Å². The van der Waals surface area contributed by atoms with Gasteiger partial charge < -0.3 is 10.6 Å². The van der Waals surface area contributed by atoms with E-state index in [1.54, 1.807) is 25.3 Å². The lowest BCUT2D eigenvalue weighted by atomic mass is 10.1. The molecule has 0 unspecified atom stereocenters. The fraction of sp³-hybridized carbons (Fsp3) is 0.250. The molecule has 0 aliphatic heterocycles. The van der Waals surface area contributed by atoms with E-state index in [-0.39, 0.29) is 23.0 Å². The molecule has 128 valence electrons. The molecule has 1 aromatic heterocycles. The van der Waals surface area contributed by atoms with Crippen molar-refractivity contribution in [2.24, 2.45) is 5.14 Å². The molecule has 0 aliphatic rings. The van der Waals surface area contributed by atoms with Gasteiger partial charge in [-0.3, -0.25) is 4.98 Å². The number of sulfonamides is 1. The van der Waals surface area contributed by atoms with Gasteiger partial charge in [0.1, 0.15) is 0 Å². The lowest BCUT2D eigenvalue weighted by Crippen LogP contribution is -2.38. The predicted molar refractivity (Wildman–Crippen MR) is 90.5 cm³/mol. The fourth-order valence-electron chi connectivity index (χ4n) is 2.17. The number of nitrogens with one attached hydrogen (secondary N) is 2. The van der Waals surface area contributed by atoms with Gasteiger partial charge in [-0.2, -0.15) is 0 Å². The van der Waals surface area contributed by atoms with Gasteiger partial charge in [-0.1, -0.05) is 18.2 Å². The summed E-state index contributed by atoms with van der Waals surface area (Å²) in [6, 6.07) is 10.7. The lowest BCUT2D eigenvalue weighted by molar-refractivity contribution is 0.234. The maximum atomic E-state index is 12.1. The number of hydrogen-bond acceptors (Lipinski definition) is 4.